The van der Waals surface area contributed by atoms with Crippen LogP contribution in [-0.4, -0.2) is 52.3 Å². The summed E-state index contributed by atoms with van der Waals surface area (Å²) in [7, 11) is 0. The van der Waals surface area contributed by atoms with Crippen molar-refractivity contribution in [3.05, 3.63) is 30.2 Å². The summed E-state index contributed by atoms with van der Waals surface area (Å²) in [5.74, 6) is 0. The van der Waals surface area contributed by atoms with Crippen molar-refractivity contribution in [1.29, 1.82) is 0 Å². The molecule has 2 rings (SSSR count). The van der Waals surface area contributed by atoms with Crippen molar-refractivity contribution >= 4 is 27.6 Å². The second-order valence-electron chi connectivity index (χ2n) is 8.76. The van der Waals surface area contributed by atoms with Gasteiger partial charge in [-0.1, -0.05) is 0 Å². The van der Waals surface area contributed by atoms with Crippen LogP contribution >= 0.6 is 0 Å². The molecular weight excluding hydrogens is 461 g/mol. The molecule has 0 N–H and O–H groups in total. The van der Waals surface area contributed by atoms with E-state index in [1.54, 1.807) is 3.58 Å². The standard InChI is InChI=1S/C13H18N3.3C4H9.Sn/c1-3-15(4-2)10-8-12-11-14-13-7-5-6-9-16(12)13;3*1-3-4-2;/h5,7,9,11H,3-4,8,10H2,1-2H3;3*1,3-4H2,2H3;. The summed E-state index contributed by atoms with van der Waals surface area (Å²) in [6.07, 6.45) is 14.0. The van der Waals surface area contributed by atoms with Crippen LogP contribution in [0.5, 0.6) is 0 Å². The molecule has 2 aromatic rings. The second-order valence-corrected chi connectivity index (χ2v) is 22.0. The van der Waals surface area contributed by atoms with Crippen LogP contribution < -0.4 is 3.58 Å². The minimum atomic E-state index is -2.38. The first-order chi connectivity index (χ1) is 14.1. The molecule has 2 aromatic heterocycles. The summed E-state index contributed by atoms with van der Waals surface area (Å²) < 4.78 is 8.78. The summed E-state index contributed by atoms with van der Waals surface area (Å²) in [6, 6.07) is 4.79. The van der Waals surface area contributed by atoms with E-state index in [2.05, 4.69) is 68.4 Å². The summed E-state index contributed by atoms with van der Waals surface area (Å²) in [6.45, 7) is 15.0. The Morgan fingerprint density at radius 3 is 1.97 bits per heavy atom. The van der Waals surface area contributed by atoms with Crippen LogP contribution in [0.2, 0.25) is 13.3 Å². The molecule has 4 heteroatoms. The number of hydrogen-bond acceptors (Lipinski definition) is 2. The number of likely N-dealkylation sites (N-methyl/N-ethyl adjacent to an activating group) is 1. The van der Waals surface area contributed by atoms with Crippen molar-refractivity contribution in [2.75, 3.05) is 19.6 Å². The van der Waals surface area contributed by atoms with Gasteiger partial charge >= 0.3 is 185 Å². The summed E-state index contributed by atoms with van der Waals surface area (Å²) in [5.41, 5.74) is 2.51. The van der Waals surface area contributed by atoms with E-state index >= 15 is 0 Å². The van der Waals surface area contributed by atoms with Gasteiger partial charge < -0.3 is 0 Å². The predicted molar refractivity (Wildman–Crippen MR) is 131 cm³/mol. The van der Waals surface area contributed by atoms with E-state index in [-0.39, 0.29) is 0 Å². The summed E-state index contributed by atoms with van der Waals surface area (Å²) >= 11 is -2.38. The molecule has 0 saturated carbocycles. The topological polar surface area (TPSA) is 20.5 Å². The molecule has 0 bridgehead atoms. The van der Waals surface area contributed by atoms with Crippen molar-refractivity contribution in [1.82, 2.24) is 14.3 Å². The molecule has 0 aliphatic rings. The molecule has 0 saturated heterocycles. The first-order valence-electron chi connectivity index (χ1n) is 12.3. The number of aromatic nitrogens is 2. The molecular formula is C25H45N3Sn. The Morgan fingerprint density at radius 2 is 1.45 bits per heavy atom. The number of rotatable bonds is 15. The van der Waals surface area contributed by atoms with Gasteiger partial charge in [-0.25, -0.2) is 0 Å². The van der Waals surface area contributed by atoms with Crippen LogP contribution in [0.3, 0.4) is 0 Å². The zero-order valence-electron chi connectivity index (χ0n) is 19.8. The van der Waals surface area contributed by atoms with Crippen LogP contribution in [0.1, 0.15) is 78.8 Å². The van der Waals surface area contributed by atoms with Gasteiger partial charge in [0.15, 0.2) is 0 Å². The number of pyridine rings is 1. The van der Waals surface area contributed by atoms with E-state index in [0.29, 0.717) is 0 Å². The van der Waals surface area contributed by atoms with Crippen LogP contribution in [0.4, 0.5) is 0 Å². The molecule has 3 nitrogen and oxygen atoms in total. The molecule has 0 aromatic carbocycles. The molecule has 0 unspecified atom stereocenters. The maximum atomic E-state index is 4.73. The predicted octanol–water partition coefficient (Wildman–Crippen LogP) is 6.27. The van der Waals surface area contributed by atoms with Gasteiger partial charge in [0.1, 0.15) is 0 Å². The average Bonchev–Trinajstić information content (AvgIpc) is 3.16. The van der Waals surface area contributed by atoms with Crippen LogP contribution in [0.15, 0.2) is 24.5 Å². The zero-order chi connectivity index (χ0) is 21.1. The molecule has 164 valence electrons. The first kappa shape index (κ1) is 24.7. The molecule has 2 heterocycles. The molecule has 0 spiro atoms. The van der Waals surface area contributed by atoms with Gasteiger partial charge in [-0.3, -0.25) is 0 Å². The van der Waals surface area contributed by atoms with E-state index in [1.807, 2.05) is 0 Å². The van der Waals surface area contributed by atoms with Crippen LogP contribution in [0, 0.1) is 0 Å². The van der Waals surface area contributed by atoms with Crippen molar-refractivity contribution in [3.63, 3.8) is 0 Å². The summed E-state index contributed by atoms with van der Waals surface area (Å²) in [4.78, 5) is 7.24. The third-order valence-electron chi connectivity index (χ3n) is 6.80. The average molecular weight is 506 g/mol. The number of unbranched alkanes of at least 4 members (excludes halogenated alkanes) is 3. The van der Waals surface area contributed by atoms with Gasteiger partial charge in [0.05, 0.1) is 0 Å². The molecule has 0 radical (unpaired) electrons. The SMILES string of the molecule is CCC[CH2][Sn]([CH2]CCC)([CH2]CCC)[c]1ccc2ncc(CCN(CC)CC)n2c1. The number of fused-ring (bicyclic) bond motifs is 1. The van der Waals surface area contributed by atoms with E-state index < -0.39 is 18.4 Å². The second kappa shape index (κ2) is 13.0. The van der Waals surface area contributed by atoms with Crippen LogP contribution in [-0.2, 0) is 6.42 Å². The third kappa shape index (κ3) is 6.72. The van der Waals surface area contributed by atoms with E-state index in [0.717, 1.165) is 31.7 Å². The molecule has 0 aliphatic carbocycles. The van der Waals surface area contributed by atoms with Gasteiger partial charge in [0.25, 0.3) is 0 Å². The Labute approximate surface area is 184 Å². The van der Waals surface area contributed by atoms with Crippen molar-refractivity contribution in [2.24, 2.45) is 0 Å². The third-order valence-corrected chi connectivity index (χ3v) is 22.4. The Hall–Kier alpha value is -0.551. The van der Waals surface area contributed by atoms with Gasteiger partial charge in [0.2, 0.25) is 0 Å². The van der Waals surface area contributed by atoms with Gasteiger partial charge in [0, 0.05) is 0 Å². The molecule has 0 aliphatic heterocycles. The van der Waals surface area contributed by atoms with Gasteiger partial charge in [-0.05, 0) is 0 Å². The normalized spacial score (nSPS) is 12.3. The fourth-order valence-electron chi connectivity index (χ4n) is 4.70. The van der Waals surface area contributed by atoms with Crippen molar-refractivity contribution < 1.29 is 0 Å². The van der Waals surface area contributed by atoms with Gasteiger partial charge in [-0.2, -0.15) is 0 Å². The molecule has 0 fully saturated rings. The molecule has 0 amide bonds. The Bertz CT molecular complexity index is 683. The van der Waals surface area contributed by atoms with E-state index in [4.69, 9.17) is 4.98 Å². The van der Waals surface area contributed by atoms with Crippen molar-refractivity contribution in [2.45, 2.75) is 92.9 Å². The van der Waals surface area contributed by atoms with Crippen LogP contribution in [0.25, 0.3) is 5.65 Å². The quantitative estimate of drug-likeness (QED) is 0.265. The van der Waals surface area contributed by atoms with Gasteiger partial charge in [-0.15, -0.1) is 0 Å². The fraction of sp³-hybridized carbons (Fsp3) is 0.720. The number of hydrogen-bond donors (Lipinski definition) is 0. The Balaban J connectivity index is 2.38. The summed E-state index contributed by atoms with van der Waals surface area (Å²) in [5, 5.41) is 0. The number of imidazole rings is 1. The monoisotopic (exact) mass is 507 g/mol. The Kier molecular flexibility index (Phi) is 11.1. The van der Waals surface area contributed by atoms with E-state index in [9.17, 15) is 0 Å². The Morgan fingerprint density at radius 1 is 0.862 bits per heavy atom. The maximum absolute atomic E-state index is 4.73. The molecule has 29 heavy (non-hydrogen) atoms. The molecule has 0 atom stereocenters. The van der Waals surface area contributed by atoms with Crippen molar-refractivity contribution in [3.8, 4) is 0 Å². The zero-order valence-corrected chi connectivity index (χ0v) is 22.7. The van der Waals surface area contributed by atoms with E-state index in [1.165, 1.54) is 57.5 Å². The fourth-order valence-corrected chi connectivity index (χ4v) is 20.5. The minimum absolute atomic E-state index is 1.09. The first-order valence-corrected chi connectivity index (χ1v) is 19.8. The number of nitrogens with zero attached hydrogens (tertiary/aromatic N) is 3.